The Labute approximate surface area is 94.0 Å². The molecule has 0 amide bonds. The lowest BCUT2D eigenvalue weighted by Gasteiger charge is -2.34. The second-order valence-corrected chi connectivity index (χ2v) is 4.32. The highest BCUT2D eigenvalue weighted by molar-refractivity contribution is 6.39. The Morgan fingerprint density at radius 2 is 2.29 bits per heavy atom. The van der Waals surface area contributed by atoms with Crippen molar-refractivity contribution in [3.63, 3.8) is 0 Å². The molecule has 1 rings (SSSR count). The number of hydrogen-bond acceptors (Lipinski definition) is 3. The van der Waals surface area contributed by atoms with Crippen LogP contribution in [-0.4, -0.2) is 35.0 Å². The standard InChI is InChI=1S/C9H14Cl2N2O/c1-13-7-8(10)6-12-9(13,11)4-2-3-5-14/h6-7,14H,2-5H2,1H3. The van der Waals surface area contributed by atoms with Crippen molar-refractivity contribution in [1.29, 1.82) is 0 Å². The van der Waals surface area contributed by atoms with Crippen molar-refractivity contribution < 1.29 is 5.11 Å². The number of alkyl halides is 1. The lowest BCUT2D eigenvalue weighted by atomic mass is 10.2. The molecule has 1 N–H and O–H groups in total. The van der Waals surface area contributed by atoms with Gasteiger partial charge in [-0.05, 0) is 12.8 Å². The highest BCUT2D eigenvalue weighted by atomic mass is 35.5. The van der Waals surface area contributed by atoms with Gasteiger partial charge in [-0.3, -0.25) is 0 Å². The fourth-order valence-electron chi connectivity index (χ4n) is 1.27. The van der Waals surface area contributed by atoms with Crippen LogP contribution >= 0.6 is 23.2 Å². The van der Waals surface area contributed by atoms with E-state index in [1.165, 1.54) is 0 Å². The Morgan fingerprint density at radius 1 is 1.57 bits per heavy atom. The van der Waals surface area contributed by atoms with Gasteiger partial charge < -0.3 is 10.0 Å². The summed E-state index contributed by atoms with van der Waals surface area (Å²) >= 11 is 12.0. The molecule has 80 valence electrons. The average Bonchev–Trinajstić information content (AvgIpc) is 2.13. The summed E-state index contributed by atoms with van der Waals surface area (Å²) in [6, 6.07) is 0. The largest absolute Gasteiger partial charge is 0.396 e. The van der Waals surface area contributed by atoms with Crippen LogP contribution in [0.25, 0.3) is 0 Å². The van der Waals surface area contributed by atoms with Crippen LogP contribution in [-0.2, 0) is 0 Å². The molecule has 0 saturated heterocycles. The fraction of sp³-hybridized carbons (Fsp3) is 0.667. The molecule has 0 aromatic carbocycles. The molecule has 0 aromatic heterocycles. The molecule has 5 heteroatoms. The second kappa shape index (κ2) is 5.01. The van der Waals surface area contributed by atoms with Gasteiger partial charge in [0.25, 0.3) is 0 Å². The van der Waals surface area contributed by atoms with Crippen LogP contribution in [0.5, 0.6) is 0 Å². The molecule has 1 heterocycles. The molecule has 3 nitrogen and oxygen atoms in total. The van der Waals surface area contributed by atoms with Crippen LogP contribution < -0.4 is 0 Å². The van der Waals surface area contributed by atoms with Gasteiger partial charge in [0.2, 0.25) is 5.12 Å². The Kier molecular flexibility index (Phi) is 4.23. The monoisotopic (exact) mass is 236 g/mol. The molecule has 0 fully saturated rings. The zero-order chi connectivity index (χ0) is 10.6. The van der Waals surface area contributed by atoms with E-state index >= 15 is 0 Å². The van der Waals surface area contributed by atoms with E-state index in [1.807, 2.05) is 7.05 Å². The van der Waals surface area contributed by atoms with Crippen molar-refractivity contribution >= 4 is 29.4 Å². The third-order valence-electron chi connectivity index (χ3n) is 2.15. The number of allylic oxidation sites excluding steroid dienone is 1. The van der Waals surface area contributed by atoms with Gasteiger partial charge in [-0.1, -0.05) is 23.2 Å². The lowest BCUT2D eigenvalue weighted by molar-refractivity contribution is 0.242. The Bertz CT molecular complexity index is 255. The zero-order valence-corrected chi connectivity index (χ0v) is 9.59. The molecule has 1 atom stereocenters. The number of halogens is 2. The van der Waals surface area contributed by atoms with Crippen LogP contribution in [0.3, 0.4) is 0 Å². The minimum Gasteiger partial charge on any atom is -0.396 e. The second-order valence-electron chi connectivity index (χ2n) is 3.28. The molecule has 0 aromatic rings. The summed E-state index contributed by atoms with van der Waals surface area (Å²) in [6.07, 6.45) is 5.60. The van der Waals surface area contributed by atoms with Crippen LogP contribution in [0.1, 0.15) is 19.3 Å². The van der Waals surface area contributed by atoms with Gasteiger partial charge >= 0.3 is 0 Å². The van der Waals surface area contributed by atoms with E-state index in [-0.39, 0.29) is 6.61 Å². The summed E-state index contributed by atoms with van der Waals surface area (Å²) in [5, 5.41) is 8.51. The highest BCUT2D eigenvalue weighted by Crippen LogP contribution is 2.31. The molecule has 0 spiro atoms. The average molecular weight is 237 g/mol. The number of hydrogen-bond donors (Lipinski definition) is 1. The number of nitrogens with zero attached hydrogens (tertiary/aromatic N) is 2. The Hall–Kier alpha value is -0.250. The first-order valence-corrected chi connectivity index (χ1v) is 5.29. The van der Waals surface area contributed by atoms with Crippen LogP contribution in [0.4, 0.5) is 0 Å². The van der Waals surface area contributed by atoms with Gasteiger partial charge in [-0.25, -0.2) is 4.99 Å². The quantitative estimate of drug-likeness (QED) is 0.462. The van der Waals surface area contributed by atoms with Crippen molar-refractivity contribution in [2.75, 3.05) is 13.7 Å². The number of aliphatic hydroxyl groups excluding tert-OH is 1. The molecular formula is C9H14Cl2N2O. The normalized spacial score (nSPS) is 26.6. The predicted molar refractivity (Wildman–Crippen MR) is 59.7 cm³/mol. The first kappa shape index (κ1) is 11.8. The van der Waals surface area contributed by atoms with Crippen molar-refractivity contribution in [3.05, 3.63) is 11.2 Å². The van der Waals surface area contributed by atoms with Crippen LogP contribution in [0.2, 0.25) is 0 Å². The minimum atomic E-state index is -0.729. The van der Waals surface area contributed by atoms with Gasteiger partial charge in [0, 0.05) is 32.5 Å². The maximum Gasteiger partial charge on any atom is 0.207 e. The highest BCUT2D eigenvalue weighted by Gasteiger charge is 2.30. The smallest absolute Gasteiger partial charge is 0.207 e. The minimum absolute atomic E-state index is 0.191. The van der Waals surface area contributed by atoms with Gasteiger partial charge in [-0.15, -0.1) is 0 Å². The maximum atomic E-state index is 8.66. The summed E-state index contributed by atoms with van der Waals surface area (Å²) in [4.78, 5) is 5.97. The van der Waals surface area contributed by atoms with Crippen molar-refractivity contribution in [2.24, 2.45) is 4.99 Å². The van der Waals surface area contributed by atoms with Gasteiger partial charge in [-0.2, -0.15) is 0 Å². The summed E-state index contributed by atoms with van der Waals surface area (Å²) in [6.45, 7) is 0.191. The topological polar surface area (TPSA) is 35.8 Å². The predicted octanol–water partition coefficient (Wildman–Crippen LogP) is 2.14. The number of rotatable bonds is 4. The molecule has 0 bridgehead atoms. The van der Waals surface area contributed by atoms with E-state index in [0.717, 1.165) is 12.8 Å². The molecule has 14 heavy (non-hydrogen) atoms. The number of aliphatic imine (C=N–C) groups is 1. The summed E-state index contributed by atoms with van der Waals surface area (Å²) in [5.41, 5.74) is 0. The Morgan fingerprint density at radius 3 is 2.86 bits per heavy atom. The van der Waals surface area contributed by atoms with E-state index in [0.29, 0.717) is 11.5 Å². The van der Waals surface area contributed by atoms with Gasteiger partial charge in [0.05, 0.1) is 5.03 Å². The summed E-state index contributed by atoms with van der Waals surface area (Å²) in [7, 11) is 1.84. The molecule has 1 aliphatic rings. The first-order valence-electron chi connectivity index (χ1n) is 4.54. The van der Waals surface area contributed by atoms with Gasteiger partial charge in [0.15, 0.2) is 0 Å². The van der Waals surface area contributed by atoms with E-state index < -0.39 is 5.12 Å². The molecule has 1 aliphatic heterocycles. The van der Waals surface area contributed by atoms with Crippen molar-refractivity contribution in [1.82, 2.24) is 4.90 Å². The SMILES string of the molecule is CN1C=C(Cl)C=NC1(Cl)CCCCO. The number of unbranched alkanes of at least 4 members (excludes halogenated alkanes) is 1. The van der Waals surface area contributed by atoms with E-state index in [2.05, 4.69) is 4.99 Å². The van der Waals surface area contributed by atoms with E-state index in [4.69, 9.17) is 28.3 Å². The Balaban J connectivity index is 2.53. The maximum absolute atomic E-state index is 8.66. The third-order valence-corrected chi connectivity index (χ3v) is 2.89. The molecule has 0 aliphatic carbocycles. The van der Waals surface area contributed by atoms with E-state index in [9.17, 15) is 0 Å². The van der Waals surface area contributed by atoms with E-state index in [1.54, 1.807) is 17.3 Å². The summed E-state index contributed by atoms with van der Waals surface area (Å²) < 4.78 is 0. The molecule has 1 unspecified atom stereocenters. The first-order chi connectivity index (χ1) is 6.58. The molecule has 0 radical (unpaired) electrons. The summed E-state index contributed by atoms with van der Waals surface area (Å²) in [5.74, 6) is 0. The zero-order valence-electron chi connectivity index (χ0n) is 8.08. The third kappa shape index (κ3) is 2.87. The van der Waals surface area contributed by atoms with Crippen molar-refractivity contribution in [2.45, 2.75) is 24.4 Å². The van der Waals surface area contributed by atoms with Crippen LogP contribution in [0, 0.1) is 0 Å². The van der Waals surface area contributed by atoms with Crippen molar-refractivity contribution in [3.8, 4) is 0 Å². The van der Waals surface area contributed by atoms with Gasteiger partial charge in [0.1, 0.15) is 0 Å². The fourth-order valence-corrected chi connectivity index (χ4v) is 1.70. The number of aliphatic hydroxyl groups is 1. The molecule has 0 saturated carbocycles. The van der Waals surface area contributed by atoms with Crippen LogP contribution in [0.15, 0.2) is 16.2 Å². The molecular weight excluding hydrogens is 223 g/mol. The lowest BCUT2D eigenvalue weighted by Crippen LogP contribution is -2.38.